The monoisotopic (exact) mass is 444 g/mol. The number of nitrogens with zero attached hydrogens (tertiary/aromatic N) is 4. The van der Waals surface area contributed by atoms with E-state index in [0.29, 0.717) is 18.1 Å². The first-order valence-electron chi connectivity index (χ1n) is 10.7. The van der Waals surface area contributed by atoms with Crippen molar-refractivity contribution in [3.8, 4) is 6.07 Å². The molecule has 2 aromatic heterocycles. The fourth-order valence-electron chi connectivity index (χ4n) is 4.49. The van der Waals surface area contributed by atoms with E-state index in [9.17, 15) is 10.1 Å². The SMILES string of the molecule is Cc1[nH]ncc1C1=Cc2nc(CN3CCC(C#N)(c4ccccc4)CC3)[nH]c(=O)c2CS1. The van der Waals surface area contributed by atoms with Gasteiger partial charge >= 0.3 is 0 Å². The topological polar surface area (TPSA) is 101 Å². The van der Waals surface area contributed by atoms with E-state index in [0.717, 1.165) is 58.9 Å². The van der Waals surface area contributed by atoms with E-state index in [2.05, 4.69) is 26.2 Å². The number of piperidine rings is 1. The number of thioether (sulfide) groups is 1. The number of benzene rings is 1. The number of aromatic nitrogens is 4. The van der Waals surface area contributed by atoms with Crippen LogP contribution in [0.1, 0.15) is 46.7 Å². The standard InChI is InChI=1S/C24H24N6OS/c1-16-18(12-26-29-16)21-11-20-19(14-32-21)23(31)28-22(27-20)13-30-9-7-24(15-25,8-10-30)17-5-3-2-4-6-17/h2-6,11-12H,7-10,13-14H2,1H3,(H,26,29)(H,27,28,31). The maximum Gasteiger partial charge on any atom is 0.255 e. The van der Waals surface area contributed by atoms with Gasteiger partial charge in [0.25, 0.3) is 5.56 Å². The molecule has 1 fully saturated rings. The fourth-order valence-corrected chi connectivity index (χ4v) is 5.63. The lowest BCUT2D eigenvalue weighted by molar-refractivity contribution is 0.175. The number of hydrogen-bond acceptors (Lipinski definition) is 6. The van der Waals surface area contributed by atoms with Crippen LogP contribution in [0.15, 0.2) is 41.3 Å². The van der Waals surface area contributed by atoms with Crippen LogP contribution in [0, 0.1) is 18.3 Å². The summed E-state index contributed by atoms with van der Waals surface area (Å²) in [6.45, 7) is 4.13. The summed E-state index contributed by atoms with van der Waals surface area (Å²) in [6, 6.07) is 12.6. The van der Waals surface area contributed by atoms with E-state index in [1.54, 1.807) is 11.8 Å². The Hall–Kier alpha value is -3.15. The molecule has 2 N–H and O–H groups in total. The van der Waals surface area contributed by atoms with Crippen molar-refractivity contribution in [3.63, 3.8) is 0 Å². The fraction of sp³-hybridized carbons (Fsp3) is 0.333. The van der Waals surface area contributed by atoms with Crippen LogP contribution >= 0.6 is 11.8 Å². The Balaban J connectivity index is 1.34. The normalized spacial score (nSPS) is 17.9. The highest BCUT2D eigenvalue weighted by molar-refractivity contribution is 8.07. The molecule has 5 rings (SSSR count). The lowest BCUT2D eigenvalue weighted by atomic mass is 9.74. The molecule has 0 unspecified atom stereocenters. The molecule has 0 aliphatic carbocycles. The third-order valence-electron chi connectivity index (χ3n) is 6.46. The average molecular weight is 445 g/mol. The second-order valence-corrected chi connectivity index (χ2v) is 9.44. The molecule has 0 atom stereocenters. The first-order valence-corrected chi connectivity index (χ1v) is 11.7. The lowest BCUT2D eigenvalue weighted by Gasteiger charge is -2.37. The third-order valence-corrected chi connectivity index (χ3v) is 7.54. The summed E-state index contributed by atoms with van der Waals surface area (Å²) in [4.78, 5) is 23.8. The quantitative estimate of drug-likeness (QED) is 0.638. The molecule has 0 bridgehead atoms. The number of likely N-dealkylation sites (tertiary alicyclic amines) is 1. The van der Waals surface area contributed by atoms with Crippen molar-refractivity contribution < 1.29 is 0 Å². The molecule has 3 aromatic rings. The van der Waals surface area contributed by atoms with Gasteiger partial charge in [-0.05, 0) is 31.4 Å². The Morgan fingerprint density at radius 3 is 2.72 bits per heavy atom. The first kappa shape index (κ1) is 20.7. The van der Waals surface area contributed by atoms with Crippen LogP contribution in [0.3, 0.4) is 0 Å². The van der Waals surface area contributed by atoms with E-state index in [4.69, 9.17) is 4.98 Å². The number of nitriles is 1. The summed E-state index contributed by atoms with van der Waals surface area (Å²) in [5, 5.41) is 17.0. The van der Waals surface area contributed by atoms with Gasteiger partial charge in [-0.3, -0.25) is 14.8 Å². The van der Waals surface area contributed by atoms with E-state index >= 15 is 0 Å². The smallest absolute Gasteiger partial charge is 0.255 e. The van der Waals surface area contributed by atoms with Gasteiger partial charge in [-0.1, -0.05) is 30.3 Å². The molecule has 162 valence electrons. The van der Waals surface area contributed by atoms with Crippen LogP contribution in [0.4, 0.5) is 0 Å². The first-order chi connectivity index (χ1) is 15.6. The van der Waals surface area contributed by atoms with E-state index in [1.165, 1.54) is 0 Å². The molecule has 4 heterocycles. The molecule has 0 radical (unpaired) electrons. The zero-order valence-electron chi connectivity index (χ0n) is 17.9. The molecule has 0 amide bonds. The zero-order chi connectivity index (χ0) is 22.1. The third kappa shape index (κ3) is 3.78. The summed E-state index contributed by atoms with van der Waals surface area (Å²) < 4.78 is 0. The van der Waals surface area contributed by atoms with E-state index in [1.807, 2.05) is 49.5 Å². The summed E-state index contributed by atoms with van der Waals surface area (Å²) in [5.41, 5.74) is 4.10. The molecule has 0 saturated carbocycles. The number of fused-ring (bicyclic) bond motifs is 1. The number of H-pyrrole nitrogens is 2. The van der Waals surface area contributed by atoms with Gasteiger partial charge in [-0.2, -0.15) is 10.4 Å². The van der Waals surface area contributed by atoms with Crippen molar-refractivity contribution >= 4 is 22.7 Å². The van der Waals surface area contributed by atoms with Crippen molar-refractivity contribution in [2.45, 2.75) is 37.5 Å². The molecule has 0 spiro atoms. The molecule has 2 aliphatic rings. The summed E-state index contributed by atoms with van der Waals surface area (Å²) in [6.07, 6.45) is 5.34. The highest BCUT2D eigenvalue weighted by Gasteiger charge is 2.36. The predicted octanol–water partition coefficient (Wildman–Crippen LogP) is 3.60. The van der Waals surface area contributed by atoms with Gasteiger partial charge in [0.2, 0.25) is 0 Å². The number of aryl methyl sites for hydroxylation is 1. The summed E-state index contributed by atoms with van der Waals surface area (Å²) in [5.74, 6) is 1.27. The molecule has 32 heavy (non-hydrogen) atoms. The van der Waals surface area contributed by atoms with Crippen LogP contribution in [-0.4, -0.2) is 38.2 Å². The van der Waals surface area contributed by atoms with Crippen LogP contribution in [0.25, 0.3) is 11.0 Å². The van der Waals surface area contributed by atoms with Gasteiger partial charge in [-0.15, -0.1) is 11.8 Å². The van der Waals surface area contributed by atoms with Crippen molar-refractivity contribution in [1.82, 2.24) is 25.1 Å². The highest BCUT2D eigenvalue weighted by atomic mass is 32.2. The summed E-state index contributed by atoms with van der Waals surface area (Å²) >= 11 is 1.63. The van der Waals surface area contributed by atoms with Gasteiger partial charge in [-0.25, -0.2) is 4.98 Å². The Bertz CT molecular complexity index is 1260. The largest absolute Gasteiger partial charge is 0.309 e. The maximum absolute atomic E-state index is 12.7. The number of hydrogen-bond donors (Lipinski definition) is 2. The van der Waals surface area contributed by atoms with Crippen LogP contribution < -0.4 is 5.56 Å². The molecule has 2 aliphatic heterocycles. The van der Waals surface area contributed by atoms with E-state index < -0.39 is 5.41 Å². The maximum atomic E-state index is 12.7. The van der Waals surface area contributed by atoms with Gasteiger partial charge in [0, 0.05) is 35.0 Å². The molecule has 1 saturated heterocycles. The lowest BCUT2D eigenvalue weighted by Crippen LogP contribution is -2.42. The predicted molar refractivity (Wildman–Crippen MR) is 126 cm³/mol. The summed E-state index contributed by atoms with van der Waals surface area (Å²) in [7, 11) is 0. The zero-order valence-corrected chi connectivity index (χ0v) is 18.7. The molecular formula is C24H24N6OS. The minimum Gasteiger partial charge on any atom is -0.309 e. The van der Waals surface area contributed by atoms with Gasteiger partial charge in [0.15, 0.2) is 0 Å². The Morgan fingerprint density at radius 1 is 1.25 bits per heavy atom. The van der Waals surface area contributed by atoms with Crippen LogP contribution in [-0.2, 0) is 17.7 Å². The Morgan fingerprint density at radius 2 is 2.03 bits per heavy atom. The van der Waals surface area contributed by atoms with Gasteiger partial charge < -0.3 is 4.98 Å². The number of rotatable bonds is 4. The number of aromatic amines is 2. The highest BCUT2D eigenvalue weighted by Crippen LogP contribution is 2.38. The van der Waals surface area contributed by atoms with Crippen molar-refractivity contribution in [2.24, 2.45) is 0 Å². The minimum atomic E-state index is -0.439. The number of nitrogens with one attached hydrogen (secondary N) is 2. The van der Waals surface area contributed by atoms with Crippen molar-refractivity contribution in [3.05, 3.63) is 80.8 Å². The van der Waals surface area contributed by atoms with Crippen molar-refractivity contribution in [1.29, 1.82) is 5.26 Å². The second-order valence-electron chi connectivity index (χ2n) is 8.42. The van der Waals surface area contributed by atoms with E-state index in [-0.39, 0.29) is 5.56 Å². The Kier molecular flexibility index (Phi) is 5.45. The average Bonchev–Trinajstić information content (AvgIpc) is 3.26. The minimum absolute atomic E-state index is 0.0654. The molecule has 8 heteroatoms. The van der Waals surface area contributed by atoms with Crippen LogP contribution in [0.2, 0.25) is 0 Å². The van der Waals surface area contributed by atoms with Crippen molar-refractivity contribution in [2.75, 3.05) is 13.1 Å². The van der Waals surface area contributed by atoms with Gasteiger partial charge in [0.1, 0.15) is 5.82 Å². The van der Waals surface area contributed by atoms with Gasteiger partial charge in [0.05, 0.1) is 35.5 Å². The molecule has 1 aromatic carbocycles. The molecular weight excluding hydrogens is 420 g/mol. The van der Waals surface area contributed by atoms with Crippen LogP contribution in [0.5, 0.6) is 0 Å². The molecule has 7 nitrogen and oxygen atoms in total. The second kappa shape index (κ2) is 8.41. The Labute approximate surface area is 190 Å².